The molecule has 1 unspecified atom stereocenters. The van der Waals surface area contributed by atoms with Crippen LogP contribution in [0.3, 0.4) is 0 Å². The van der Waals surface area contributed by atoms with Crippen LogP contribution in [-0.2, 0) is 0 Å². The molecule has 0 aromatic carbocycles. The van der Waals surface area contributed by atoms with Crippen molar-refractivity contribution >= 4 is 6.71 Å². The van der Waals surface area contributed by atoms with Crippen LogP contribution in [0.15, 0.2) is 12.2 Å². The standard InChI is InChI=1S/C16H33B/c1-5-9-13-16(12-8-4)17(14-10-6-2)15-11-7-3/h8,12,16H,5-7,9-11,13-15H2,1-4H3/b12-8+. The van der Waals surface area contributed by atoms with Gasteiger partial charge in [0.25, 0.3) is 0 Å². The zero-order valence-electron chi connectivity index (χ0n) is 12.7. The van der Waals surface area contributed by atoms with Crippen LogP contribution >= 0.6 is 0 Å². The van der Waals surface area contributed by atoms with Gasteiger partial charge in [-0.1, -0.05) is 90.5 Å². The van der Waals surface area contributed by atoms with E-state index in [1.54, 1.807) is 0 Å². The fourth-order valence-corrected chi connectivity index (χ4v) is 2.68. The molecule has 0 spiro atoms. The first kappa shape index (κ1) is 16.8. The van der Waals surface area contributed by atoms with Crippen molar-refractivity contribution in [3.63, 3.8) is 0 Å². The number of hydrogen-bond acceptors (Lipinski definition) is 0. The monoisotopic (exact) mass is 236 g/mol. The summed E-state index contributed by atoms with van der Waals surface area (Å²) >= 11 is 0. The molecule has 100 valence electrons. The largest absolute Gasteiger partial charge is 0.147 e. The van der Waals surface area contributed by atoms with Gasteiger partial charge in [-0.15, -0.1) is 0 Å². The van der Waals surface area contributed by atoms with Crippen LogP contribution in [0.2, 0.25) is 18.5 Å². The highest BCUT2D eigenvalue weighted by Crippen LogP contribution is 2.28. The van der Waals surface area contributed by atoms with Gasteiger partial charge < -0.3 is 0 Å². The summed E-state index contributed by atoms with van der Waals surface area (Å²) in [5.41, 5.74) is 0. The van der Waals surface area contributed by atoms with Crippen LogP contribution in [0.4, 0.5) is 0 Å². The lowest BCUT2D eigenvalue weighted by Crippen LogP contribution is -2.19. The molecular weight excluding hydrogens is 203 g/mol. The first-order chi connectivity index (χ1) is 8.29. The molecule has 0 saturated carbocycles. The zero-order chi connectivity index (χ0) is 12.9. The van der Waals surface area contributed by atoms with Crippen molar-refractivity contribution in [3.05, 3.63) is 12.2 Å². The smallest absolute Gasteiger partial charge is 0.0929 e. The molecule has 0 aliphatic heterocycles. The summed E-state index contributed by atoms with van der Waals surface area (Å²) in [6.45, 7) is 10.1. The Morgan fingerprint density at radius 3 is 1.82 bits per heavy atom. The Hall–Kier alpha value is -0.195. The van der Waals surface area contributed by atoms with E-state index in [1.807, 2.05) is 0 Å². The minimum absolute atomic E-state index is 0.845. The van der Waals surface area contributed by atoms with E-state index in [0.717, 1.165) is 12.5 Å². The fraction of sp³-hybridized carbons (Fsp3) is 0.875. The van der Waals surface area contributed by atoms with Crippen molar-refractivity contribution < 1.29 is 0 Å². The topological polar surface area (TPSA) is 0 Å². The van der Waals surface area contributed by atoms with Crippen LogP contribution < -0.4 is 0 Å². The third kappa shape index (κ3) is 8.52. The van der Waals surface area contributed by atoms with Crippen LogP contribution in [-0.4, -0.2) is 6.71 Å². The lowest BCUT2D eigenvalue weighted by Gasteiger charge is -2.21. The van der Waals surface area contributed by atoms with Gasteiger partial charge in [-0.2, -0.15) is 0 Å². The van der Waals surface area contributed by atoms with Crippen LogP contribution in [0.1, 0.15) is 72.6 Å². The van der Waals surface area contributed by atoms with E-state index in [2.05, 4.69) is 39.8 Å². The lowest BCUT2D eigenvalue weighted by atomic mass is 9.35. The molecule has 0 bridgehead atoms. The second-order valence-corrected chi connectivity index (χ2v) is 5.38. The van der Waals surface area contributed by atoms with Gasteiger partial charge in [-0.25, -0.2) is 0 Å². The summed E-state index contributed by atoms with van der Waals surface area (Å²) in [6.07, 6.45) is 17.3. The second kappa shape index (κ2) is 12.3. The molecule has 0 aliphatic carbocycles. The van der Waals surface area contributed by atoms with Gasteiger partial charge in [0.15, 0.2) is 0 Å². The third-order valence-corrected chi connectivity index (χ3v) is 3.79. The molecular formula is C16H33B. The van der Waals surface area contributed by atoms with Crippen LogP contribution in [0.5, 0.6) is 0 Å². The molecule has 0 N–H and O–H groups in total. The van der Waals surface area contributed by atoms with Crippen molar-refractivity contribution in [2.75, 3.05) is 0 Å². The maximum atomic E-state index is 2.48. The Bertz CT molecular complexity index is 166. The highest BCUT2D eigenvalue weighted by atomic mass is 14.0. The Labute approximate surface area is 110 Å². The van der Waals surface area contributed by atoms with E-state index >= 15 is 0 Å². The van der Waals surface area contributed by atoms with Crippen molar-refractivity contribution in [1.82, 2.24) is 0 Å². The van der Waals surface area contributed by atoms with Crippen molar-refractivity contribution in [2.24, 2.45) is 0 Å². The van der Waals surface area contributed by atoms with Crippen molar-refractivity contribution in [1.29, 1.82) is 0 Å². The predicted molar refractivity (Wildman–Crippen MR) is 83.3 cm³/mol. The molecule has 0 amide bonds. The van der Waals surface area contributed by atoms with E-state index in [1.165, 1.54) is 57.6 Å². The Morgan fingerprint density at radius 2 is 1.41 bits per heavy atom. The third-order valence-electron chi connectivity index (χ3n) is 3.79. The molecule has 0 aromatic heterocycles. The summed E-state index contributed by atoms with van der Waals surface area (Å²) in [5, 5.41) is 0. The van der Waals surface area contributed by atoms with E-state index in [-0.39, 0.29) is 0 Å². The molecule has 0 aliphatic rings. The van der Waals surface area contributed by atoms with Gasteiger partial charge in [-0.05, 0) is 12.7 Å². The first-order valence-electron chi connectivity index (χ1n) is 7.92. The minimum atomic E-state index is 0.845. The molecule has 0 saturated heterocycles. The molecule has 0 aromatic rings. The summed E-state index contributed by atoms with van der Waals surface area (Å²) in [5.74, 6) is 0.845. The van der Waals surface area contributed by atoms with Crippen molar-refractivity contribution in [2.45, 2.75) is 91.1 Å². The Morgan fingerprint density at radius 1 is 0.882 bits per heavy atom. The second-order valence-electron chi connectivity index (χ2n) is 5.38. The van der Waals surface area contributed by atoms with Gasteiger partial charge >= 0.3 is 0 Å². The highest BCUT2D eigenvalue weighted by molar-refractivity contribution is 6.61. The molecule has 0 fully saturated rings. The van der Waals surface area contributed by atoms with Gasteiger partial charge in [0.2, 0.25) is 0 Å². The number of allylic oxidation sites excluding steroid dienone is 2. The zero-order valence-corrected chi connectivity index (χ0v) is 12.7. The van der Waals surface area contributed by atoms with E-state index in [4.69, 9.17) is 0 Å². The molecule has 0 heterocycles. The average Bonchev–Trinajstić information content (AvgIpc) is 2.35. The quantitative estimate of drug-likeness (QED) is 0.295. The summed E-state index contributed by atoms with van der Waals surface area (Å²) in [6, 6.07) is 0. The first-order valence-corrected chi connectivity index (χ1v) is 7.92. The highest BCUT2D eigenvalue weighted by Gasteiger charge is 2.21. The normalized spacial score (nSPS) is 13.2. The van der Waals surface area contributed by atoms with Crippen molar-refractivity contribution in [3.8, 4) is 0 Å². The maximum absolute atomic E-state index is 2.48. The van der Waals surface area contributed by atoms with Crippen LogP contribution in [0.25, 0.3) is 0 Å². The number of hydrogen-bond donors (Lipinski definition) is 0. The van der Waals surface area contributed by atoms with Gasteiger partial charge in [0.1, 0.15) is 6.71 Å². The molecule has 17 heavy (non-hydrogen) atoms. The van der Waals surface area contributed by atoms with E-state index in [9.17, 15) is 0 Å². The molecule has 0 rings (SSSR count). The summed E-state index contributed by atoms with van der Waals surface area (Å²) < 4.78 is 0. The van der Waals surface area contributed by atoms with Gasteiger partial charge in [0.05, 0.1) is 0 Å². The fourth-order valence-electron chi connectivity index (χ4n) is 2.68. The molecule has 1 heteroatoms. The number of unbranched alkanes of at least 4 members (excludes halogenated alkanes) is 3. The lowest BCUT2D eigenvalue weighted by molar-refractivity contribution is 0.707. The summed E-state index contributed by atoms with van der Waals surface area (Å²) in [4.78, 5) is 0. The minimum Gasteiger partial charge on any atom is -0.0929 e. The average molecular weight is 236 g/mol. The SMILES string of the molecule is C/C=C/C(CCCC)B(CCCC)CCCC. The summed E-state index contributed by atoms with van der Waals surface area (Å²) in [7, 11) is 0. The maximum Gasteiger partial charge on any atom is 0.147 e. The molecule has 0 radical (unpaired) electrons. The predicted octanol–water partition coefficient (Wildman–Crippen LogP) is 6.22. The van der Waals surface area contributed by atoms with E-state index < -0.39 is 0 Å². The van der Waals surface area contributed by atoms with Crippen LogP contribution in [0, 0.1) is 0 Å². The molecule has 1 atom stereocenters. The van der Waals surface area contributed by atoms with Gasteiger partial charge in [0, 0.05) is 0 Å². The molecule has 0 nitrogen and oxygen atoms in total. The number of rotatable bonds is 11. The Balaban J connectivity index is 4.31. The van der Waals surface area contributed by atoms with E-state index in [0.29, 0.717) is 0 Å². The Kier molecular flexibility index (Phi) is 12.1. The van der Waals surface area contributed by atoms with Gasteiger partial charge in [-0.3, -0.25) is 0 Å².